The molecule has 9 nitrogen and oxygen atoms in total. The van der Waals surface area contributed by atoms with Crippen molar-refractivity contribution < 1.29 is 9.63 Å². The third kappa shape index (κ3) is 2.14. The Kier molecular flexibility index (Phi) is 3.15. The average molecular weight is 371 g/mol. The van der Waals surface area contributed by atoms with Gasteiger partial charge in [-0.25, -0.2) is 14.5 Å². The molecule has 0 saturated heterocycles. The van der Waals surface area contributed by atoms with Gasteiger partial charge in [0.1, 0.15) is 13.1 Å². The lowest BCUT2D eigenvalue weighted by atomic mass is 10.0. The van der Waals surface area contributed by atoms with Crippen molar-refractivity contribution in [3.05, 3.63) is 57.5 Å². The van der Waals surface area contributed by atoms with E-state index in [2.05, 4.69) is 20.2 Å². The van der Waals surface area contributed by atoms with Crippen LogP contribution < -0.4 is 5.69 Å². The second-order valence-corrected chi connectivity index (χ2v) is 6.29. The van der Waals surface area contributed by atoms with Gasteiger partial charge in [-0.1, -0.05) is 11.6 Å². The molecule has 4 heterocycles. The minimum atomic E-state index is -0.573. The van der Waals surface area contributed by atoms with Gasteiger partial charge in [0.15, 0.2) is 5.69 Å². The number of hydrogen-bond donors (Lipinski definition) is 2. The van der Waals surface area contributed by atoms with Crippen molar-refractivity contribution in [1.82, 2.24) is 29.5 Å². The molecular weight excluding hydrogens is 360 g/mol. The van der Waals surface area contributed by atoms with Gasteiger partial charge in [0, 0.05) is 28.8 Å². The number of fused-ring (bicyclic) bond motifs is 5. The normalized spacial score (nSPS) is 12.4. The highest BCUT2D eigenvalue weighted by atomic mass is 35.5. The van der Waals surface area contributed by atoms with E-state index in [1.807, 2.05) is 16.7 Å². The number of aliphatic hydroxyl groups is 1. The summed E-state index contributed by atoms with van der Waals surface area (Å²) in [6.07, 6.45) is 3.89. The van der Waals surface area contributed by atoms with Gasteiger partial charge in [0.05, 0.1) is 17.1 Å². The molecule has 5 rings (SSSR count). The molecule has 26 heavy (non-hydrogen) atoms. The Labute approximate surface area is 150 Å². The Balaban J connectivity index is 1.81. The van der Waals surface area contributed by atoms with E-state index in [1.165, 1.54) is 4.68 Å². The fraction of sp³-hybridized carbons (Fsp3) is 0.125. The molecule has 0 fully saturated rings. The number of imidazole rings is 1. The lowest BCUT2D eigenvalue weighted by molar-refractivity contribution is 0.195. The van der Waals surface area contributed by atoms with Crippen LogP contribution in [0.3, 0.4) is 0 Å². The maximum Gasteiger partial charge on any atom is 0.377 e. The van der Waals surface area contributed by atoms with Crippen molar-refractivity contribution in [1.29, 1.82) is 0 Å². The van der Waals surface area contributed by atoms with Gasteiger partial charge in [0.25, 0.3) is 5.89 Å². The van der Waals surface area contributed by atoms with Crippen LogP contribution in [0.25, 0.3) is 28.5 Å². The van der Waals surface area contributed by atoms with Crippen LogP contribution in [0, 0.1) is 0 Å². The maximum atomic E-state index is 11.3. The zero-order chi connectivity index (χ0) is 17.8. The number of halogens is 1. The summed E-state index contributed by atoms with van der Waals surface area (Å²) in [5, 5.41) is 16.7. The maximum absolute atomic E-state index is 11.3. The van der Waals surface area contributed by atoms with Gasteiger partial charge in [-0.3, -0.25) is 0 Å². The van der Waals surface area contributed by atoms with E-state index in [1.54, 1.807) is 18.6 Å². The summed E-state index contributed by atoms with van der Waals surface area (Å²) >= 11 is 6.20. The molecular formula is C16H11ClN6O3. The smallest absolute Gasteiger partial charge is 0.374 e. The minimum Gasteiger partial charge on any atom is -0.374 e. The summed E-state index contributed by atoms with van der Waals surface area (Å²) in [6.45, 7) is -0.233. The highest BCUT2D eigenvalue weighted by Gasteiger charge is 2.27. The zero-order valence-electron chi connectivity index (χ0n) is 13.2. The van der Waals surface area contributed by atoms with Crippen LogP contribution in [0.15, 0.2) is 40.0 Å². The SMILES string of the molecule is O=c1nc(-c2ncn3c2Cc2cn(CO)nc2-c2cc(Cl)ccc2-3)o[nH]1. The molecule has 2 N–H and O–H groups in total. The number of nitrogens with one attached hydrogen (secondary N) is 1. The van der Waals surface area contributed by atoms with E-state index in [-0.39, 0.29) is 12.6 Å². The van der Waals surface area contributed by atoms with Crippen molar-refractivity contribution in [2.24, 2.45) is 0 Å². The topological polar surface area (TPSA) is 115 Å². The van der Waals surface area contributed by atoms with Crippen molar-refractivity contribution in [3.8, 4) is 28.5 Å². The molecule has 1 aliphatic rings. The van der Waals surface area contributed by atoms with Crippen LogP contribution >= 0.6 is 11.6 Å². The van der Waals surface area contributed by atoms with Gasteiger partial charge in [-0.15, -0.1) is 0 Å². The van der Waals surface area contributed by atoms with Gasteiger partial charge in [-0.05, 0) is 18.2 Å². The molecule has 1 aromatic carbocycles. The first-order valence-electron chi connectivity index (χ1n) is 7.73. The van der Waals surface area contributed by atoms with Crippen molar-refractivity contribution >= 4 is 11.6 Å². The number of aromatic nitrogens is 6. The molecule has 1 aliphatic heterocycles. The summed E-state index contributed by atoms with van der Waals surface area (Å²) in [6, 6.07) is 5.49. The molecule has 0 bridgehead atoms. The first-order chi connectivity index (χ1) is 12.6. The predicted octanol–water partition coefficient (Wildman–Crippen LogP) is 1.59. The molecule has 0 saturated carbocycles. The van der Waals surface area contributed by atoms with Gasteiger partial charge < -0.3 is 14.2 Å². The molecule has 10 heteroatoms. The van der Waals surface area contributed by atoms with Crippen molar-refractivity contribution in [2.75, 3.05) is 0 Å². The Morgan fingerprint density at radius 1 is 1.35 bits per heavy atom. The molecule has 3 aromatic heterocycles. The van der Waals surface area contributed by atoms with E-state index in [9.17, 15) is 9.90 Å². The largest absolute Gasteiger partial charge is 0.377 e. The third-order valence-electron chi connectivity index (χ3n) is 4.32. The van der Waals surface area contributed by atoms with Gasteiger partial charge >= 0.3 is 5.69 Å². The minimum absolute atomic E-state index is 0.122. The van der Waals surface area contributed by atoms with E-state index < -0.39 is 5.69 Å². The Hall–Kier alpha value is -3.17. The summed E-state index contributed by atoms with van der Waals surface area (Å²) in [7, 11) is 0. The van der Waals surface area contributed by atoms with E-state index in [4.69, 9.17) is 16.1 Å². The monoisotopic (exact) mass is 370 g/mol. The predicted molar refractivity (Wildman–Crippen MR) is 90.9 cm³/mol. The average Bonchev–Trinajstić information content (AvgIpc) is 3.32. The van der Waals surface area contributed by atoms with Crippen LogP contribution in [0.2, 0.25) is 5.02 Å². The summed E-state index contributed by atoms with van der Waals surface area (Å²) in [5.41, 5.74) is 3.97. The summed E-state index contributed by atoms with van der Waals surface area (Å²) in [4.78, 5) is 19.5. The molecule has 0 aliphatic carbocycles. The van der Waals surface area contributed by atoms with Crippen LogP contribution in [-0.2, 0) is 13.2 Å². The standard InChI is InChI=1S/C16H11ClN6O3/c17-9-1-2-11-10(4-9)13-8(5-22(7-24)20-13)3-12-14(18-6-23(11)12)15-19-16(25)21-26-15/h1-2,4-6,24H,3,7H2,(H,21,25). The molecule has 0 unspecified atom stereocenters. The fourth-order valence-corrected chi connectivity index (χ4v) is 3.41. The Morgan fingerprint density at radius 2 is 2.23 bits per heavy atom. The first-order valence-corrected chi connectivity index (χ1v) is 8.11. The van der Waals surface area contributed by atoms with E-state index in [0.29, 0.717) is 17.1 Å². The molecule has 0 spiro atoms. The van der Waals surface area contributed by atoms with Gasteiger partial charge in [-0.2, -0.15) is 15.2 Å². The number of benzene rings is 1. The zero-order valence-corrected chi connectivity index (χ0v) is 13.9. The van der Waals surface area contributed by atoms with Crippen LogP contribution in [0.4, 0.5) is 0 Å². The second-order valence-electron chi connectivity index (χ2n) is 5.86. The van der Waals surface area contributed by atoms with Gasteiger partial charge in [0.2, 0.25) is 0 Å². The number of aromatic amines is 1. The lowest BCUT2D eigenvalue weighted by Crippen LogP contribution is -2.02. The second kappa shape index (κ2) is 5.41. The fourth-order valence-electron chi connectivity index (χ4n) is 3.24. The third-order valence-corrected chi connectivity index (χ3v) is 4.56. The molecule has 0 radical (unpaired) electrons. The van der Waals surface area contributed by atoms with Crippen LogP contribution in [0.5, 0.6) is 0 Å². The number of nitrogens with zero attached hydrogens (tertiary/aromatic N) is 5. The number of rotatable bonds is 2. The number of hydrogen-bond acceptors (Lipinski definition) is 6. The molecule has 4 aromatic rings. The number of H-pyrrole nitrogens is 1. The molecule has 0 amide bonds. The van der Waals surface area contributed by atoms with E-state index >= 15 is 0 Å². The van der Waals surface area contributed by atoms with E-state index in [0.717, 1.165) is 28.2 Å². The Morgan fingerprint density at radius 3 is 3.00 bits per heavy atom. The molecule has 0 atom stereocenters. The molecule has 130 valence electrons. The number of aliphatic hydroxyl groups excluding tert-OH is 1. The van der Waals surface area contributed by atoms with Crippen LogP contribution in [-0.4, -0.2) is 34.6 Å². The van der Waals surface area contributed by atoms with Crippen LogP contribution in [0.1, 0.15) is 11.3 Å². The summed E-state index contributed by atoms with van der Waals surface area (Å²) in [5.74, 6) is 0.122. The van der Waals surface area contributed by atoms with Crippen molar-refractivity contribution in [3.63, 3.8) is 0 Å². The first kappa shape index (κ1) is 15.1. The highest BCUT2D eigenvalue weighted by molar-refractivity contribution is 6.31. The summed E-state index contributed by atoms with van der Waals surface area (Å²) < 4.78 is 8.49. The highest BCUT2D eigenvalue weighted by Crippen LogP contribution is 2.38. The lowest BCUT2D eigenvalue weighted by Gasteiger charge is -2.09. The quantitative estimate of drug-likeness (QED) is 0.487. The Bertz CT molecular complexity index is 1200. The van der Waals surface area contributed by atoms with Crippen molar-refractivity contribution in [2.45, 2.75) is 13.2 Å².